The first kappa shape index (κ1) is 18.3. The molecule has 5 heteroatoms. The van der Waals surface area contributed by atoms with E-state index in [2.05, 4.69) is 44.4 Å². The van der Waals surface area contributed by atoms with Gasteiger partial charge >= 0.3 is 0 Å². The average molecular weight is 376 g/mol. The van der Waals surface area contributed by atoms with Gasteiger partial charge < -0.3 is 4.90 Å². The molecule has 2 heterocycles. The lowest BCUT2D eigenvalue weighted by atomic mass is 9.87. The minimum atomic E-state index is -1.17. The number of carbonyl (C=O) groups is 1. The quantitative estimate of drug-likeness (QED) is 0.813. The van der Waals surface area contributed by atoms with Crippen molar-refractivity contribution in [3.63, 3.8) is 0 Å². The number of benzene rings is 1. The highest BCUT2D eigenvalue weighted by molar-refractivity contribution is 7.84. The Hall–Kier alpha value is -1.46. The first-order chi connectivity index (χ1) is 11.8. The van der Waals surface area contributed by atoms with Crippen LogP contribution in [0.4, 0.5) is 0 Å². The Bertz CT molecular complexity index is 772. The topological polar surface area (TPSA) is 37.4 Å². The average Bonchev–Trinajstić information content (AvgIpc) is 3.01. The highest BCUT2D eigenvalue weighted by Crippen LogP contribution is 2.24. The summed E-state index contributed by atoms with van der Waals surface area (Å²) >= 11 is 1.76. The lowest BCUT2D eigenvalue weighted by molar-refractivity contribution is -0.129. The second-order valence-corrected chi connectivity index (χ2v) is 10.1. The van der Waals surface area contributed by atoms with E-state index >= 15 is 0 Å². The summed E-state index contributed by atoms with van der Waals surface area (Å²) in [6.45, 7) is 7.93. The maximum Gasteiger partial charge on any atom is 0.235 e. The number of fused-ring (bicyclic) bond motifs is 1. The highest BCUT2D eigenvalue weighted by Gasteiger charge is 2.22. The molecular weight excluding hydrogens is 350 g/mol. The van der Waals surface area contributed by atoms with Crippen LogP contribution in [0.2, 0.25) is 0 Å². The number of thiophene rings is 1. The van der Waals surface area contributed by atoms with Gasteiger partial charge in [0.25, 0.3) is 0 Å². The van der Waals surface area contributed by atoms with E-state index in [1.54, 1.807) is 11.3 Å². The van der Waals surface area contributed by atoms with Crippen molar-refractivity contribution in [2.45, 2.75) is 44.9 Å². The van der Waals surface area contributed by atoms with Gasteiger partial charge in [-0.2, -0.15) is 0 Å². The van der Waals surface area contributed by atoms with Crippen molar-refractivity contribution in [2.24, 2.45) is 0 Å². The van der Waals surface area contributed by atoms with Gasteiger partial charge in [-0.25, -0.2) is 0 Å². The Kier molecular flexibility index (Phi) is 5.44. The van der Waals surface area contributed by atoms with Crippen LogP contribution in [0.15, 0.2) is 35.7 Å². The first-order valence-electron chi connectivity index (χ1n) is 8.60. The maximum atomic E-state index is 12.5. The van der Waals surface area contributed by atoms with Crippen LogP contribution in [-0.4, -0.2) is 27.3 Å². The lowest BCUT2D eigenvalue weighted by Gasteiger charge is -2.26. The zero-order valence-electron chi connectivity index (χ0n) is 15.1. The Labute approximate surface area is 156 Å². The molecule has 0 bridgehead atoms. The molecule has 0 saturated heterocycles. The highest BCUT2D eigenvalue weighted by atomic mass is 32.2. The van der Waals surface area contributed by atoms with Crippen molar-refractivity contribution in [1.29, 1.82) is 0 Å². The molecule has 134 valence electrons. The molecule has 1 aliphatic rings. The van der Waals surface area contributed by atoms with Crippen LogP contribution in [0.5, 0.6) is 0 Å². The van der Waals surface area contributed by atoms with Gasteiger partial charge in [-0.15, -0.1) is 11.3 Å². The summed E-state index contributed by atoms with van der Waals surface area (Å²) in [5, 5.41) is 2.08. The largest absolute Gasteiger partial charge is 0.337 e. The molecule has 1 atom stereocenters. The van der Waals surface area contributed by atoms with Crippen LogP contribution < -0.4 is 0 Å². The monoisotopic (exact) mass is 375 g/mol. The molecule has 0 saturated carbocycles. The summed E-state index contributed by atoms with van der Waals surface area (Å²) in [7, 11) is -1.17. The van der Waals surface area contributed by atoms with Crippen molar-refractivity contribution in [2.75, 3.05) is 12.3 Å². The Morgan fingerprint density at radius 1 is 1.20 bits per heavy atom. The number of rotatable bonds is 4. The molecule has 3 nitrogen and oxygen atoms in total. The summed E-state index contributed by atoms with van der Waals surface area (Å²) in [4.78, 5) is 15.7. The number of amides is 1. The predicted molar refractivity (Wildman–Crippen MR) is 105 cm³/mol. The fraction of sp³-hybridized carbons (Fsp3) is 0.450. The van der Waals surface area contributed by atoms with Crippen molar-refractivity contribution < 1.29 is 9.00 Å². The van der Waals surface area contributed by atoms with Crippen LogP contribution in [-0.2, 0) is 39.7 Å². The van der Waals surface area contributed by atoms with E-state index in [4.69, 9.17) is 0 Å². The SMILES string of the molecule is CC(C)(C)c1ccc(C[S@@](=O)CC(=O)N2CCc3sccc3C2)cc1. The van der Waals surface area contributed by atoms with Gasteiger partial charge in [0.05, 0.1) is 0 Å². The summed E-state index contributed by atoms with van der Waals surface area (Å²) in [5.74, 6) is 0.551. The number of hydrogen-bond acceptors (Lipinski definition) is 3. The van der Waals surface area contributed by atoms with Gasteiger partial charge in [-0.05, 0) is 40.0 Å². The van der Waals surface area contributed by atoms with E-state index in [-0.39, 0.29) is 17.1 Å². The molecule has 1 aromatic carbocycles. The second kappa shape index (κ2) is 7.42. The zero-order valence-corrected chi connectivity index (χ0v) is 16.7. The standard InChI is InChI=1S/C20H25NO2S2/c1-20(2,3)17-6-4-15(5-7-17)13-25(23)14-19(22)21-10-8-18-16(12-21)9-11-24-18/h4-7,9,11H,8,10,12-14H2,1-3H3/t25-/m1/s1. The molecule has 0 radical (unpaired) electrons. The Morgan fingerprint density at radius 3 is 2.60 bits per heavy atom. The van der Waals surface area contributed by atoms with Crippen LogP contribution in [0, 0.1) is 0 Å². The lowest BCUT2D eigenvalue weighted by Crippen LogP contribution is -2.38. The second-order valence-electron chi connectivity index (χ2n) is 7.61. The molecule has 25 heavy (non-hydrogen) atoms. The van der Waals surface area contributed by atoms with Crippen molar-refractivity contribution >= 4 is 28.0 Å². The van der Waals surface area contributed by atoms with Gasteiger partial charge in [0.15, 0.2) is 0 Å². The summed E-state index contributed by atoms with van der Waals surface area (Å²) in [6, 6.07) is 10.3. The molecular formula is C20H25NO2S2. The molecule has 2 aromatic rings. The summed E-state index contributed by atoms with van der Waals surface area (Å²) in [6.07, 6.45) is 0.916. The van der Waals surface area contributed by atoms with E-state index in [0.717, 1.165) is 18.5 Å². The molecule has 0 N–H and O–H groups in total. The van der Waals surface area contributed by atoms with Crippen molar-refractivity contribution in [3.8, 4) is 0 Å². The molecule has 1 amide bonds. The van der Waals surface area contributed by atoms with E-state index in [9.17, 15) is 9.00 Å². The van der Waals surface area contributed by atoms with E-state index in [1.165, 1.54) is 16.0 Å². The smallest absolute Gasteiger partial charge is 0.235 e. The fourth-order valence-electron chi connectivity index (χ4n) is 3.03. The minimum Gasteiger partial charge on any atom is -0.337 e. The maximum absolute atomic E-state index is 12.5. The molecule has 1 aromatic heterocycles. The van der Waals surface area contributed by atoms with Crippen molar-refractivity contribution in [1.82, 2.24) is 4.90 Å². The van der Waals surface area contributed by atoms with E-state index in [0.29, 0.717) is 12.3 Å². The first-order valence-corrected chi connectivity index (χ1v) is 11.0. The molecule has 0 spiro atoms. The number of carbonyl (C=O) groups excluding carboxylic acids is 1. The van der Waals surface area contributed by atoms with Crippen LogP contribution >= 0.6 is 11.3 Å². The molecule has 0 unspecified atom stereocenters. The summed E-state index contributed by atoms with van der Waals surface area (Å²) < 4.78 is 12.4. The normalized spacial score (nSPS) is 15.7. The van der Waals surface area contributed by atoms with E-state index in [1.807, 2.05) is 17.0 Å². The third-order valence-corrected chi connectivity index (χ3v) is 6.84. The molecule has 0 aliphatic carbocycles. The van der Waals surface area contributed by atoms with Crippen molar-refractivity contribution in [3.05, 3.63) is 57.3 Å². The molecule has 3 rings (SSSR count). The minimum absolute atomic E-state index is 0.00138. The van der Waals surface area contributed by atoms with Gasteiger partial charge in [0.1, 0.15) is 5.75 Å². The van der Waals surface area contributed by atoms with E-state index < -0.39 is 10.8 Å². The molecule has 0 fully saturated rings. The Morgan fingerprint density at radius 2 is 1.92 bits per heavy atom. The third-order valence-electron chi connectivity index (χ3n) is 4.59. The van der Waals surface area contributed by atoms with Gasteiger partial charge in [-0.3, -0.25) is 9.00 Å². The van der Waals surface area contributed by atoms with Crippen LogP contribution in [0.3, 0.4) is 0 Å². The zero-order chi connectivity index (χ0) is 18.0. The van der Waals surface area contributed by atoms with Gasteiger partial charge in [0, 0.05) is 34.5 Å². The third kappa shape index (κ3) is 4.59. The molecule has 1 aliphatic heterocycles. The Balaban J connectivity index is 1.55. The fourth-order valence-corrected chi connectivity index (χ4v) is 5.04. The van der Waals surface area contributed by atoms with Gasteiger partial charge in [-0.1, -0.05) is 45.0 Å². The predicted octanol–water partition coefficient (Wildman–Crippen LogP) is 3.88. The number of nitrogens with zero attached hydrogens (tertiary/aromatic N) is 1. The number of hydrogen-bond donors (Lipinski definition) is 0. The van der Waals surface area contributed by atoms with Crippen LogP contribution in [0.25, 0.3) is 0 Å². The van der Waals surface area contributed by atoms with Crippen LogP contribution in [0.1, 0.15) is 42.3 Å². The summed E-state index contributed by atoms with van der Waals surface area (Å²) in [5.41, 5.74) is 3.65. The van der Waals surface area contributed by atoms with Gasteiger partial charge in [0.2, 0.25) is 5.91 Å².